The Balaban J connectivity index is 2.70. The van der Waals surface area contributed by atoms with Crippen LogP contribution in [0.15, 0.2) is 23.4 Å². The molecule has 1 aromatic rings. The molecule has 0 aliphatic carbocycles. The summed E-state index contributed by atoms with van der Waals surface area (Å²) in [6.07, 6.45) is 1.84. The van der Waals surface area contributed by atoms with Crippen LogP contribution in [-0.4, -0.2) is 9.73 Å². The van der Waals surface area contributed by atoms with Gasteiger partial charge in [0.25, 0.3) is 0 Å². The molecule has 0 saturated heterocycles. The van der Waals surface area contributed by atoms with E-state index in [4.69, 9.17) is 5.73 Å². The Morgan fingerprint density at radius 1 is 1.38 bits per heavy atom. The maximum absolute atomic E-state index is 5.48. The first-order valence-corrected chi connectivity index (χ1v) is 5.17. The zero-order valence-corrected chi connectivity index (χ0v) is 9.19. The molecule has 0 spiro atoms. The van der Waals surface area contributed by atoms with E-state index in [2.05, 4.69) is 25.8 Å². The van der Waals surface area contributed by atoms with Crippen molar-refractivity contribution in [2.45, 2.75) is 37.1 Å². The Bertz CT molecular complexity index is 261. The van der Waals surface area contributed by atoms with Crippen molar-refractivity contribution < 1.29 is 0 Å². The third-order valence-corrected chi connectivity index (χ3v) is 2.51. The molecule has 0 bridgehead atoms. The standard InChI is InChI=1S/C10H16N2S/c1-10(2,3)13-9-5-4-8(6-11)7-12-9/h4-5,7H,6,11H2,1-3H3. The Kier molecular flexibility index (Phi) is 3.33. The first kappa shape index (κ1) is 10.5. The minimum absolute atomic E-state index is 0.219. The van der Waals surface area contributed by atoms with Crippen LogP contribution < -0.4 is 5.73 Å². The highest BCUT2D eigenvalue weighted by Gasteiger charge is 2.12. The maximum atomic E-state index is 5.48. The van der Waals surface area contributed by atoms with Gasteiger partial charge in [0.05, 0.1) is 5.03 Å². The van der Waals surface area contributed by atoms with Gasteiger partial charge < -0.3 is 5.73 Å². The van der Waals surface area contributed by atoms with Gasteiger partial charge in [0.2, 0.25) is 0 Å². The first-order chi connectivity index (χ1) is 6.01. The number of thioether (sulfide) groups is 1. The molecule has 13 heavy (non-hydrogen) atoms. The van der Waals surface area contributed by atoms with Gasteiger partial charge in [-0.05, 0) is 11.6 Å². The van der Waals surface area contributed by atoms with Crippen molar-refractivity contribution in [3.63, 3.8) is 0 Å². The molecular weight excluding hydrogens is 180 g/mol. The van der Waals surface area contributed by atoms with Crippen LogP contribution in [0.25, 0.3) is 0 Å². The lowest BCUT2D eigenvalue weighted by Crippen LogP contribution is -2.07. The largest absolute Gasteiger partial charge is 0.326 e. The smallest absolute Gasteiger partial charge is 0.0965 e. The Hall–Kier alpha value is -0.540. The summed E-state index contributed by atoms with van der Waals surface area (Å²) < 4.78 is 0.219. The average molecular weight is 196 g/mol. The molecular formula is C10H16N2S. The molecule has 0 aliphatic rings. The van der Waals surface area contributed by atoms with Crippen molar-refractivity contribution in [1.82, 2.24) is 4.98 Å². The molecule has 1 aromatic heterocycles. The number of aromatic nitrogens is 1. The average Bonchev–Trinajstić information content (AvgIpc) is 2.03. The van der Waals surface area contributed by atoms with Crippen molar-refractivity contribution >= 4 is 11.8 Å². The summed E-state index contributed by atoms with van der Waals surface area (Å²) in [4.78, 5) is 4.32. The normalized spacial score (nSPS) is 11.7. The highest BCUT2D eigenvalue weighted by atomic mass is 32.2. The molecule has 1 rings (SSSR count). The van der Waals surface area contributed by atoms with E-state index in [1.54, 1.807) is 11.8 Å². The summed E-state index contributed by atoms with van der Waals surface area (Å²) in [7, 11) is 0. The molecule has 2 nitrogen and oxygen atoms in total. The van der Waals surface area contributed by atoms with E-state index in [0.717, 1.165) is 10.6 Å². The Labute approximate surface area is 83.9 Å². The molecule has 0 amide bonds. The molecule has 0 unspecified atom stereocenters. The summed E-state index contributed by atoms with van der Waals surface area (Å²) >= 11 is 1.77. The summed E-state index contributed by atoms with van der Waals surface area (Å²) in [6.45, 7) is 7.09. The van der Waals surface area contributed by atoms with E-state index in [9.17, 15) is 0 Å². The quantitative estimate of drug-likeness (QED) is 0.738. The van der Waals surface area contributed by atoms with E-state index in [-0.39, 0.29) is 4.75 Å². The topological polar surface area (TPSA) is 38.9 Å². The summed E-state index contributed by atoms with van der Waals surface area (Å²) in [5.74, 6) is 0. The van der Waals surface area contributed by atoms with Crippen molar-refractivity contribution in [2.24, 2.45) is 5.73 Å². The second kappa shape index (κ2) is 4.11. The van der Waals surface area contributed by atoms with Crippen LogP contribution in [0.5, 0.6) is 0 Å². The predicted octanol–water partition coefficient (Wildman–Crippen LogP) is 2.43. The zero-order chi connectivity index (χ0) is 9.90. The van der Waals surface area contributed by atoms with E-state index < -0.39 is 0 Å². The van der Waals surface area contributed by atoms with Gasteiger partial charge in [0.1, 0.15) is 0 Å². The van der Waals surface area contributed by atoms with Crippen molar-refractivity contribution in [1.29, 1.82) is 0 Å². The van der Waals surface area contributed by atoms with Crippen LogP contribution in [0.2, 0.25) is 0 Å². The van der Waals surface area contributed by atoms with Gasteiger partial charge in [-0.1, -0.05) is 26.8 Å². The third-order valence-electron chi connectivity index (χ3n) is 1.44. The lowest BCUT2D eigenvalue weighted by molar-refractivity contribution is 0.799. The lowest BCUT2D eigenvalue weighted by Gasteiger charge is -2.16. The van der Waals surface area contributed by atoms with Gasteiger partial charge in [-0.15, -0.1) is 11.8 Å². The highest BCUT2D eigenvalue weighted by molar-refractivity contribution is 8.00. The van der Waals surface area contributed by atoms with Crippen molar-refractivity contribution in [2.75, 3.05) is 0 Å². The molecule has 0 fully saturated rings. The van der Waals surface area contributed by atoms with Crippen LogP contribution in [0.3, 0.4) is 0 Å². The second-order valence-electron chi connectivity index (χ2n) is 3.92. The predicted molar refractivity (Wildman–Crippen MR) is 57.7 cm³/mol. The molecule has 2 N–H and O–H groups in total. The summed E-state index contributed by atoms with van der Waals surface area (Å²) in [5.41, 5.74) is 6.56. The molecule has 0 atom stereocenters. The van der Waals surface area contributed by atoms with Crippen LogP contribution in [0.4, 0.5) is 0 Å². The van der Waals surface area contributed by atoms with Crippen LogP contribution in [-0.2, 0) is 6.54 Å². The summed E-state index contributed by atoms with van der Waals surface area (Å²) in [6, 6.07) is 4.05. The van der Waals surface area contributed by atoms with Gasteiger partial charge in [-0.25, -0.2) is 4.98 Å². The van der Waals surface area contributed by atoms with Gasteiger partial charge in [0.15, 0.2) is 0 Å². The van der Waals surface area contributed by atoms with Gasteiger partial charge in [0, 0.05) is 17.5 Å². The fourth-order valence-corrected chi connectivity index (χ4v) is 1.77. The minimum Gasteiger partial charge on any atom is -0.326 e. The SMILES string of the molecule is CC(C)(C)Sc1ccc(CN)cn1. The molecule has 0 aliphatic heterocycles. The van der Waals surface area contributed by atoms with Gasteiger partial charge in [-0.2, -0.15) is 0 Å². The first-order valence-electron chi connectivity index (χ1n) is 4.35. The molecule has 3 heteroatoms. The van der Waals surface area contributed by atoms with E-state index in [0.29, 0.717) is 6.54 Å². The number of rotatable bonds is 2. The van der Waals surface area contributed by atoms with Crippen molar-refractivity contribution in [3.05, 3.63) is 23.9 Å². The molecule has 1 heterocycles. The highest BCUT2D eigenvalue weighted by Crippen LogP contribution is 2.29. The van der Waals surface area contributed by atoms with Gasteiger partial charge in [-0.3, -0.25) is 0 Å². The van der Waals surface area contributed by atoms with E-state index in [1.807, 2.05) is 18.3 Å². The number of nitrogens with zero attached hydrogens (tertiary/aromatic N) is 1. The molecule has 0 radical (unpaired) electrons. The molecule has 0 aromatic carbocycles. The maximum Gasteiger partial charge on any atom is 0.0965 e. The lowest BCUT2D eigenvalue weighted by atomic mass is 10.3. The van der Waals surface area contributed by atoms with E-state index >= 15 is 0 Å². The fourth-order valence-electron chi connectivity index (χ4n) is 0.906. The van der Waals surface area contributed by atoms with E-state index in [1.165, 1.54) is 0 Å². The monoisotopic (exact) mass is 196 g/mol. The number of hydrogen-bond acceptors (Lipinski definition) is 3. The van der Waals surface area contributed by atoms with Gasteiger partial charge >= 0.3 is 0 Å². The van der Waals surface area contributed by atoms with Crippen LogP contribution >= 0.6 is 11.8 Å². The van der Waals surface area contributed by atoms with Crippen molar-refractivity contribution in [3.8, 4) is 0 Å². The molecule has 72 valence electrons. The minimum atomic E-state index is 0.219. The summed E-state index contributed by atoms with van der Waals surface area (Å²) in [5, 5.41) is 1.06. The zero-order valence-electron chi connectivity index (χ0n) is 8.37. The number of hydrogen-bond donors (Lipinski definition) is 1. The molecule has 0 saturated carbocycles. The second-order valence-corrected chi connectivity index (χ2v) is 5.77. The fraction of sp³-hybridized carbons (Fsp3) is 0.500. The Morgan fingerprint density at radius 2 is 2.08 bits per heavy atom. The number of pyridine rings is 1. The Morgan fingerprint density at radius 3 is 2.46 bits per heavy atom. The van der Waals surface area contributed by atoms with Crippen LogP contribution in [0, 0.1) is 0 Å². The number of nitrogens with two attached hydrogens (primary N) is 1. The van der Waals surface area contributed by atoms with Crippen LogP contribution in [0.1, 0.15) is 26.3 Å². The third kappa shape index (κ3) is 3.79.